The molecule has 4 aliphatic rings. The van der Waals surface area contributed by atoms with Gasteiger partial charge in [-0.05, 0) is 49.2 Å². The van der Waals surface area contributed by atoms with Crippen LogP contribution in [-0.4, -0.2) is 92.4 Å². The molecule has 1 aliphatic heterocycles. The zero-order valence-corrected chi connectivity index (χ0v) is 36.5. The molecule has 293 valence electrons. The summed E-state index contributed by atoms with van der Waals surface area (Å²) in [6.45, 7) is 6.40. The first-order valence-corrected chi connectivity index (χ1v) is 18.6. The van der Waals surface area contributed by atoms with E-state index in [0.717, 1.165) is 0 Å². The standard InChI is InChI=1S/C43H47NO11.Ac/c1-24-28-20-30(45)41(4)31(46)21-32-42(51,23-53-32)35(41)36(55-38(49)27-18-12-7-13-19-27)43(52,40(28,2)3)22-29(24)54-39(50)34(47)33(25-14-8-5-9-15-25)44-37(48)26-16-10-6-11-17-26;/h5-19,29,31-36,46-47,51-52H,20-23H2,1-4H3,(H,44,48);/t29?,31?,32?,33?,34?,35?,36?,41-,42+,43?;/m1./s1. The molecular weight excluding hydrogens is 933 g/mol. The van der Waals surface area contributed by atoms with Crippen molar-refractivity contribution in [1.82, 2.24) is 5.32 Å². The zero-order valence-electron chi connectivity index (χ0n) is 31.8. The molecule has 1 saturated heterocycles. The normalized spacial score (nSPS) is 32.7. The number of rotatable bonds is 8. The van der Waals surface area contributed by atoms with Crippen molar-refractivity contribution in [3.05, 3.63) is 119 Å². The molecule has 1 amide bonds. The number of hydrogen-bond acceptors (Lipinski definition) is 11. The Labute approximate surface area is 361 Å². The summed E-state index contributed by atoms with van der Waals surface area (Å²) in [7, 11) is 0. The second-order valence-electron chi connectivity index (χ2n) is 16.1. The number of nitrogens with one attached hydrogen (secondary N) is 1. The third-order valence-corrected chi connectivity index (χ3v) is 12.9. The summed E-state index contributed by atoms with van der Waals surface area (Å²) in [6.07, 6.45) is -7.70. The van der Waals surface area contributed by atoms with E-state index in [1.807, 2.05) is 0 Å². The summed E-state index contributed by atoms with van der Waals surface area (Å²) >= 11 is 0. The molecule has 3 fully saturated rings. The number of carbonyl (C=O) groups excluding carboxylic acids is 4. The van der Waals surface area contributed by atoms with Crippen molar-refractivity contribution in [3.8, 4) is 0 Å². The maximum Gasteiger partial charge on any atom is 0.338 e. The molecule has 2 bridgehead atoms. The van der Waals surface area contributed by atoms with Gasteiger partial charge in [0.1, 0.15) is 29.2 Å². The molecule has 3 aromatic rings. The SMILES string of the molecule is CC1=C2CC(=O)[C@]3(C)C(O)CC4OC[C@@]4(O)C3C(OC(=O)c3ccccc3)C(O)(CC1OC(=O)C(O)C(NC(=O)c1ccccc1)c1ccccc1)C2(C)C.[Ac]. The van der Waals surface area contributed by atoms with E-state index < -0.39 is 88.1 Å². The molecule has 0 spiro atoms. The van der Waals surface area contributed by atoms with E-state index in [-0.39, 0.29) is 75.5 Å². The number of hydrogen-bond donors (Lipinski definition) is 5. The first-order chi connectivity index (χ1) is 26.0. The third kappa shape index (κ3) is 6.91. The number of fused-ring (bicyclic) bond motifs is 5. The number of aliphatic hydroxyl groups is 4. The Morgan fingerprint density at radius 2 is 1.45 bits per heavy atom. The van der Waals surface area contributed by atoms with E-state index >= 15 is 0 Å². The second-order valence-corrected chi connectivity index (χ2v) is 16.1. The zero-order chi connectivity index (χ0) is 39.5. The van der Waals surface area contributed by atoms with E-state index in [4.69, 9.17) is 14.2 Å². The largest absolute Gasteiger partial charge is 0.456 e. The smallest absolute Gasteiger partial charge is 0.338 e. The Morgan fingerprint density at radius 1 is 0.875 bits per heavy atom. The molecular formula is C43H47AcNO11. The van der Waals surface area contributed by atoms with E-state index in [0.29, 0.717) is 22.3 Å². The average Bonchev–Trinajstić information content (AvgIpc) is 3.18. The fraction of sp³-hybridized carbons (Fsp3) is 0.442. The summed E-state index contributed by atoms with van der Waals surface area (Å²) in [4.78, 5) is 55.9. The van der Waals surface area contributed by atoms with Crippen LogP contribution in [0.5, 0.6) is 0 Å². The Bertz CT molecular complexity index is 2010. The van der Waals surface area contributed by atoms with Crippen LogP contribution in [0.3, 0.4) is 0 Å². The van der Waals surface area contributed by atoms with Crippen molar-refractivity contribution in [3.63, 3.8) is 0 Å². The molecule has 3 aromatic carbocycles. The van der Waals surface area contributed by atoms with Gasteiger partial charge in [0.25, 0.3) is 5.91 Å². The summed E-state index contributed by atoms with van der Waals surface area (Å²) in [6, 6.07) is 23.6. The fourth-order valence-electron chi connectivity index (χ4n) is 9.36. The van der Waals surface area contributed by atoms with E-state index in [1.54, 1.807) is 99.6 Å². The second kappa shape index (κ2) is 15.8. The van der Waals surface area contributed by atoms with Crippen LogP contribution in [0.15, 0.2) is 102 Å². The molecule has 2 saturated carbocycles. The molecule has 10 atom stereocenters. The number of Topliss-reactive ketones (excluding diaryl/α,β-unsaturated/α-hetero) is 1. The van der Waals surface area contributed by atoms with Crippen molar-refractivity contribution in [2.24, 2.45) is 16.7 Å². The van der Waals surface area contributed by atoms with Crippen LogP contribution in [0.25, 0.3) is 0 Å². The molecule has 8 unspecified atom stereocenters. The van der Waals surface area contributed by atoms with Gasteiger partial charge in [0, 0.05) is 80.2 Å². The number of carbonyl (C=O) groups is 4. The average molecular weight is 981 g/mol. The van der Waals surface area contributed by atoms with Gasteiger partial charge in [-0.25, -0.2) is 9.59 Å². The minimum Gasteiger partial charge on any atom is -0.456 e. The molecule has 0 aromatic heterocycles. The maximum atomic E-state index is 14.6. The van der Waals surface area contributed by atoms with E-state index in [1.165, 1.54) is 19.1 Å². The molecule has 5 N–H and O–H groups in total. The Kier molecular flexibility index (Phi) is 12.0. The topological polar surface area (TPSA) is 189 Å². The monoisotopic (exact) mass is 980 g/mol. The van der Waals surface area contributed by atoms with Gasteiger partial charge in [0.15, 0.2) is 6.10 Å². The predicted octanol–water partition coefficient (Wildman–Crippen LogP) is 3.62. The van der Waals surface area contributed by atoms with Gasteiger partial charge in [-0.1, -0.05) is 86.2 Å². The quantitative estimate of drug-likeness (QED) is 0.164. The van der Waals surface area contributed by atoms with Gasteiger partial charge in [-0.2, -0.15) is 0 Å². The Balaban J connectivity index is 0.00000532. The molecule has 1 radical (unpaired) electrons. The minimum atomic E-state index is -2.12. The van der Waals surface area contributed by atoms with Crippen molar-refractivity contribution in [1.29, 1.82) is 0 Å². The number of benzene rings is 3. The Morgan fingerprint density at radius 3 is 2.02 bits per heavy atom. The number of aliphatic hydroxyl groups excluding tert-OH is 2. The summed E-state index contributed by atoms with van der Waals surface area (Å²) < 4.78 is 18.0. The van der Waals surface area contributed by atoms with Crippen LogP contribution in [-0.2, 0) is 23.8 Å². The van der Waals surface area contributed by atoms with Gasteiger partial charge >= 0.3 is 11.9 Å². The molecule has 1 heterocycles. The van der Waals surface area contributed by atoms with Gasteiger partial charge < -0.3 is 40.0 Å². The van der Waals surface area contributed by atoms with Gasteiger partial charge in [0.2, 0.25) is 0 Å². The molecule has 7 rings (SSSR count). The number of esters is 2. The number of amides is 1. The van der Waals surface area contributed by atoms with Crippen LogP contribution < -0.4 is 5.32 Å². The van der Waals surface area contributed by atoms with Crippen LogP contribution in [0.4, 0.5) is 0 Å². The van der Waals surface area contributed by atoms with Gasteiger partial charge in [-0.15, -0.1) is 0 Å². The molecule has 56 heavy (non-hydrogen) atoms. The number of ether oxygens (including phenoxy) is 3. The number of ketones is 1. The maximum absolute atomic E-state index is 14.6. The molecule has 3 aliphatic carbocycles. The minimum absolute atomic E-state index is 0. The summed E-state index contributed by atoms with van der Waals surface area (Å²) in [5.41, 5.74) is -5.16. The van der Waals surface area contributed by atoms with Crippen molar-refractivity contribution >= 4 is 23.6 Å². The first-order valence-electron chi connectivity index (χ1n) is 18.6. The van der Waals surface area contributed by atoms with Crippen LogP contribution in [0.2, 0.25) is 0 Å². The van der Waals surface area contributed by atoms with Gasteiger partial charge in [0.05, 0.1) is 35.8 Å². The fourth-order valence-corrected chi connectivity index (χ4v) is 9.36. The van der Waals surface area contributed by atoms with Gasteiger partial charge in [-0.3, -0.25) is 9.59 Å². The summed E-state index contributed by atoms with van der Waals surface area (Å²) in [5.74, 6) is -4.27. The first kappa shape index (κ1) is 42.3. The van der Waals surface area contributed by atoms with Crippen molar-refractivity contribution < 1.29 is 97.9 Å². The van der Waals surface area contributed by atoms with Crippen LogP contribution in [0.1, 0.15) is 79.3 Å². The van der Waals surface area contributed by atoms with E-state index in [2.05, 4.69) is 5.32 Å². The third-order valence-electron chi connectivity index (χ3n) is 12.9. The summed E-state index contributed by atoms with van der Waals surface area (Å²) in [5, 5.41) is 51.5. The predicted molar refractivity (Wildman–Crippen MR) is 197 cm³/mol. The van der Waals surface area contributed by atoms with Crippen molar-refractivity contribution in [2.75, 3.05) is 6.61 Å². The Hall–Kier alpha value is -3.28. The molecule has 12 nitrogen and oxygen atoms in total. The van der Waals surface area contributed by atoms with Crippen molar-refractivity contribution in [2.45, 2.75) is 94.7 Å². The van der Waals surface area contributed by atoms with Crippen LogP contribution >= 0.6 is 0 Å². The van der Waals surface area contributed by atoms with E-state index in [9.17, 15) is 39.6 Å². The van der Waals surface area contributed by atoms with Crippen LogP contribution in [0, 0.1) is 60.8 Å². The molecule has 13 heteroatoms.